The number of ether oxygens (including phenoxy) is 1. The van der Waals surface area contributed by atoms with Gasteiger partial charge in [0.2, 0.25) is 0 Å². The van der Waals surface area contributed by atoms with E-state index in [1.54, 1.807) is 0 Å². The van der Waals surface area contributed by atoms with Crippen LogP contribution in [0.4, 0.5) is 5.69 Å². The van der Waals surface area contributed by atoms with Gasteiger partial charge in [-0.3, -0.25) is 0 Å². The van der Waals surface area contributed by atoms with Crippen molar-refractivity contribution < 1.29 is 13.2 Å². The Hall–Kier alpha value is -2.39. The molecule has 2 heterocycles. The molecule has 3 atom stereocenters. The lowest BCUT2D eigenvalue weighted by Gasteiger charge is -2.34. The van der Waals surface area contributed by atoms with Crippen molar-refractivity contribution in [3.8, 4) is 0 Å². The Bertz CT molecular complexity index is 1150. The lowest BCUT2D eigenvalue weighted by Crippen LogP contribution is -2.52. The minimum atomic E-state index is -3.63. The van der Waals surface area contributed by atoms with Gasteiger partial charge >= 0.3 is 0 Å². The molecule has 1 aliphatic rings. The number of anilines is 1. The Morgan fingerprint density at radius 3 is 2.41 bits per heavy atom. The lowest BCUT2D eigenvalue weighted by atomic mass is 9.91. The van der Waals surface area contributed by atoms with Crippen molar-refractivity contribution in [2.45, 2.75) is 32.0 Å². The molecule has 172 valence electrons. The first kappa shape index (κ1) is 22.8. The molecule has 7 nitrogen and oxygen atoms in total. The van der Waals surface area contributed by atoms with Gasteiger partial charge in [0.05, 0.1) is 12.2 Å². The third-order valence-electron chi connectivity index (χ3n) is 6.00. The predicted molar refractivity (Wildman–Crippen MR) is 129 cm³/mol. The molecule has 32 heavy (non-hydrogen) atoms. The largest absolute Gasteiger partial charge is 0.378 e. The number of nitrogens with one attached hydrogen (secondary N) is 2. The van der Waals surface area contributed by atoms with E-state index >= 15 is 0 Å². The maximum atomic E-state index is 13.1. The van der Waals surface area contributed by atoms with E-state index in [9.17, 15) is 8.42 Å². The van der Waals surface area contributed by atoms with Gasteiger partial charge in [0.25, 0.3) is 10.2 Å². The highest BCUT2D eigenvalue weighted by molar-refractivity contribution is 7.87. The van der Waals surface area contributed by atoms with Gasteiger partial charge in [-0.1, -0.05) is 30.3 Å². The summed E-state index contributed by atoms with van der Waals surface area (Å²) in [4.78, 5) is 5.38. The molecule has 3 unspecified atom stereocenters. The van der Waals surface area contributed by atoms with E-state index in [4.69, 9.17) is 4.74 Å². The van der Waals surface area contributed by atoms with E-state index in [-0.39, 0.29) is 24.7 Å². The number of benzene rings is 2. The molecule has 3 aromatic rings. The monoisotopic (exact) mass is 456 g/mol. The Morgan fingerprint density at radius 2 is 1.75 bits per heavy atom. The van der Waals surface area contributed by atoms with Crippen LogP contribution in [0.1, 0.15) is 30.9 Å². The molecule has 0 spiro atoms. The van der Waals surface area contributed by atoms with Crippen molar-refractivity contribution in [2.24, 2.45) is 0 Å². The molecule has 1 aromatic heterocycles. The zero-order chi connectivity index (χ0) is 22.9. The quantitative estimate of drug-likeness (QED) is 0.572. The van der Waals surface area contributed by atoms with E-state index in [2.05, 4.69) is 40.0 Å². The molecule has 4 rings (SSSR count). The SMILES string of the molecule is CC1CN(S(=O)(=O)NCC(c2ccc(N(C)C)cc2)c2c[nH]c3ccccc23)CC(C)O1. The van der Waals surface area contributed by atoms with Crippen LogP contribution in [0.15, 0.2) is 54.7 Å². The summed E-state index contributed by atoms with van der Waals surface area (Å²) in [5.41, 5.74) is 4.27. The van der Waals surface area contributed by atoms with Crippen LogP contribution < -0.4 is 9.62 Å². The van der Waals surface area contributed by atoms with Crippen LogP contribution in [0.5, 0.6) is 0 Å². The zero-order valence-electron chi connectivity index (χ0n) is 19.1. The molecule has 0 radical (unpaired) electrons. The number of nitrogens with zero attached hydrogens (tertiary/aromatic N) is 2. The second kappa shape index (κ2) is 9.23. The van der Waals surface area contributed by atoms with Gasteiger partial charge in [-0.25, -0.2) is 4.72 Å². The smallest absolute Gasteiger partial charge is 0.279 e. The highest BCUT2D eigenvalue weighted by atomic mass is 32.2. The van der Waals surface area contributed by atoms with Crippen LogP contribution in [-0.2, 0) is 14.9 Å². The number of rotatable bonds is 7. The Morgan fingerprint density at radius 1 is 1.09 bits per heavy atom. The summed E-state index contributed by atoms with van der Waals surface area (Å²) < 4.78 is 36.3. The maximum Gasteiger partial charge on any atom is 0.279 e. The number of aromatic amines is 1. The van der Waals surface area contributed by atoms with Crippen LogP contribution in [-0.4, -0.2) is 63.6 Å². The topological polar surface area (TPSA) is 77.7 Å². The fourth-order valence-corrected chi connectivity index (χ4v) is 5.77. The van der Waals surface area contributed by atoms with Crippen molar-refractivity contribution in [2.75, 3.05) is 38.6 Å². The summed E-state index contributed by atoms with van der Waals surface area (Å²) in [6, 6.07) is 16.4. The number of para-hydroxylation sites is 1. The van der Waals surface area contributed by atoms with Gasteiger partial charge in [0.1, 0.15) is 0 Å². The van der Waals surface area contributed by atoms with Gasteiger partial charge in [-0.2, -0.15) is 12.7 Å². The molecule has 2 N–H and O–H groups in total. The van der Waals surface area contributed by atoms with Crippen LogP contribution in [0.25, 0.3) is 10.9 Å². The number of aromatic nitrogens is 1. The number of hydrogen-bond acceptors (Lipinski definition) is 4. The van der Waals surface area contributed by atoms with Gasteiger partial charge in [0.15, 0.2) is 0 Å². The Kier molecular flexibility index (Phi) is 6.57. The molecule has 2 aromatic carbocycles. The van der Waals surface area contributed by atoms with Crippen LogP contribution >= 0.6 is 0 Å². The molecule has 1 fully saturated rings. The maximum absolute atomic E-state index is 13.1. The van der Waals surface area contributed by atoms with Crippen LogP contribution in [0.3, 0.4) is 0 Å². The molecule has 0 bridgehead atoms. The lowest BCUT2D eigenvalue weighted by molar-refractivity contribution is -0.0443. The van der Waals surface area contributed by atoms with Gasteiger partial charge in [-0.05, 0) is 43.2 Å². The second-order valence-electron chi connectivity index (χ2n) is 8.76. The van der Waals surface area contributed by atoms with Crippen molar-refractivity contribution in [1.29, 1.82) is 0 Å². The third-order valence-corrected chi connectivity index (χ3v) is 7.51. The highest BCUT2D eigenvalue weighted by Gasteiger charge is 2.31. The Balaban J connectivity index is 1.64. The van der Waals surface area contributed by atoms with E-state index in [1.807, 2.05) is 57.2 Å². The summed E-state index contributed by atoms with van der Waals surface area (Å²) in [7, 11) is 0.376. The van der Waals surface area contributed by atoms with Crippen molar-refractivity contribution in [1.82, 2.24) is 14.0 Å². The van der Waals surface area contributed by atoms with E-state index in [0.717, 1.165) is 27.7 Å². The van der Waals surface area contributed by atoms with Crippen LogP contribution in [0.2, 0.25) is 0 Å². The van der Waals surface area contributed by atoms with E-state index < -0.39 is 10.2 Å². The Labute approximate surface area is 190 Å². The van der Waals surface area contributed by atoms with E-state index in [0.29, 0.717) is 13.1 Å². The summed E-state index contributed by atoms with van der Waals surface area (Å²) in [6.45, 7) is 4.79. The van der Waals surface area contributed by atoms with Crippen molar-refractivity contribution in [3.63, 3.8) is 0 Å². The standard InChI is InChI=1S/C24H32N4O3S/c1-17-15-28(16-18(2)31-17)32(29,30)26-14-22(19-9-11-20(12-10-19)27(3)4)23-13-25-24-8-6-5-7-21(23)24/h5-13,17-18,22,25-26H,14-16H2,1-4H3. The first-order chi connectivity index (χ1) is 15.2. The van der Waals surface area contributed by atoms with E-state index in [1.165, 1.54) is 4.31 Å². The minimum Gasteiger partial charge on any atom is -0.378 e. The number of hydrogen-bond donors (Lipinski definition) is 2. The molecule has 1 aliphatic heterocycles. The molecule has 0 amide bonds. The summed E-state index contributed by atoms with van der Waals surface area (Å²) in [5.74, 6) is -0.131. The fourth-order valence-electron chi connectivity index (χ4n) is 4.40. The predicted octanol–water partition coefficient (Wildman–Crippen LogP) is 3.31. The molecular weight excluding hydrogens is 424 g/mol. The number of H-pyrrole nitrogens is 1. The fraction of sp³-hybridized carbons (Fsp3) is 0.417. The van der Waals surface area contributed by atoms with Gasteiger partial charge in [0, 0.05) is 62.4 Å². The molecule has 8 heteroatoms. The normalized spacial score (nSPS) is 21.0. The molecule has 0 aliphatic carbocycles. The molecule has 1 saturated heterocycles. The highest BCUT2D eigenvalue weighted by Crippen LogP contribution is 2.31. The minimum absolute atomic E-state index is 0.127. The number of fused-ring (bicyclic) bond motifs is 1. The van der Waals surface area contributed by atoms with Crippen molar-refractivity contribution in [3.05, 3.63) is 65.9 Å². The molecular formula is C24H32N4O3S. The molecule has 0 saturated carbocycles. The van der Waals surface area contributed by atoms with Gasteiger partial charge < -0.3 is 14.6 Å². The first-order valence-electron chi connectivity index (χ1n) is 11.0. The number of morpholine rings is 1. The summed E-state index contributed by atoms with van der Waals surface area (Å²) in [5, 5.41) is 1.10. The summed E-state index contributed by atoms with van der Waals surface area (Å²) >= 11 is 0. The third kappa shape index (κ3) is 4.83. The summed E-state index contributed by atoms with van der Waals surface area (Å²) in [6.07, 6.45) is 1.74. The van der Waals surface area contributed by atoms with Gasteiger partial charge in [-0.15, -0.1) is 0 Å². The first-order valence-corrected chi connectivity index (χ1v) is 12.4. The zero-order valence-corrected chi connectivity index (χ0v) is 19.9. The van der Waals surface area contributed by atoms with Crippen molar-refractivity contribution >= 4 is 26.8 Å². The average Bonchev–Trinajstić information content (AvgIpc) is 3.17. The van der Waals surface area contributed by atoms with Crippen LogP contribution in [0, 0.1) is 0 Å². The second-order valence-corrected chi connectivity index (χ2v) is 10.5. The average molecular weight is 457 g/mol.